The van der Waals surface area contributed by atoms with Crippen LogP contribution in [-0.4, -0.2) is 50.9 Å². The Morgan fingerprint density at radius 3 is 2.16 bits per heavy atom. The van der Waals surface area contributed by atoms with Crippen molar-refractivity contribution in [3.05, 3.63) is 90.2 Å². The fourth-order valence-corrected chi connectivity index (χ4v) is 5.31. The molecule has 0 heterocycles. The highest BCUT2D eigenvalue weighted by atomic mass is 32.2. The van der Waals surface area contributed by atoms with E-state index in [-0.39, 0.29) is 34.5 Å². The number of amides is 2. The van der Waals surface area contributed by atoms with Crippen LogP contribution in [0.5, 0.6) is 5.75 Å². The third-order valence-corrected chi connectivity index (χ3v) is 7.63. The fraction of sp³-hybridized carbons (Fsp3) is 0.286. The van der Waals surface area contributed by atoms with Crippen LogP contribution >= 0.6 is 0 Å². The van der Waals surface area contributed by atoms with Crippen molar-refractivity contribution in [2.45, 2.75) is 44.3 Å². The molecule has 0 bridgehead atoms. The molecule has 38 heavy (non-hydrogen) atoms. The van der Waals surface area contributed by atoms with Crippen LogP contribution in [0.15, 0.2) is 83.8 Å². The molecule has 202 valence electrons. The molecular weight excluding hydrogens is 509 g/mol. The van der Waals surface area contributed by atoms with Gasteiger partial charge < -0.3 is 15.0 Å². The lowest BCUT2D eigenvalue weighted by molar-refractivity contribution is -0.139. The molecular formula is C28H32FN3O5S. The summed E-state index contributed by atoms with van der Waals surface area (Å²) in [6.45, 7) is 4.21. The number of sulfonamides is 1. The van der Waals surface area contributed by atoms with Gasteiger partial charge in [0.1, 0.15) is 24.2 Å². The van der Waals surface area contributed by atoms with E-state index in [9.17, 15) is 22.4 Å². The van der Waals surface area contributed by atoms with Gasteiger partial charge in [-0.25, -0.2) is 12.8 Å². The molecule has 8 nitrogen and oxygen atoms in total. The van der Waals surface area contributed by atoms with Gasteiger partial charge in [0, 0.05) is 18.2 Å². The number of rotatable bonds is 11. The monoisotopic (exact) mass is 541 g/mol. The molecule has 0 aromatic heterocycles. The molecule has 0 radical (unpaired) electrons. The predicted molar refractivity (Wildman–Crippen MR) is 144 cm³/mol. The van der Waals surface area contributed by atoms with Gasteiger partial charge in [0.15, 0.2) is 0 Å². The molecule has 0 fully saturated rings. The largest absolute Gasteiger partial charge is 0.495 e. The van der Waals surface area contributed by atoms with Crippen molar-refractivity contribution >= 4 is 27.5 Å². The zero-order valence-corrected chi connectivity index (χ0v) is 22.6. The van der Waals surface area contributed by atoms with Gasteiger partial charge in [0.25, 0.3) is 10.0 Å². The van der Waals surface area contributed by atoms with Crippen LogP contribution in [0.2, 0.25) is 0 Å². The SMILES string of the molecule is COc1ccccc1N(CC(=O)N(Cc1ccccc1F)[C@H](C)C(=O)NC(C)C)S(=O)(=O)c1ccccc1. The minimum absolute atomic E-state index is 0.0232. The number of carbonyl (C=O) groups is 2. The number of hydrogen-bond acceptors (Lipinski definition) is 5. The Balaban J connectivity index is 2.07. The third-order valence-electron chi connectivity index (χ3n) is 5.86. The van der Waals surface area contributed by atoms with E-state index in [1.165, 1.54) is 55.3 Å². The zero-order chi connectivity index (χ0) is 27.9. The van der Waals surface area contributed by atoms with E-state index in [4.69, 9.17) is 4.74 Å². The number of ether oxygens (including phenoxy) is 1. The first-order chi connectivity index (χ1) is 18.1. The maximum atomic E-state index is 14.6. The number of nitrogens with zero attached hydrogens (tertiary/aromatic N) is 2. The quantitative estimate of drug-likeness (QED) is 0.396. The summed E-state index contributed by atoms with van der Waals surface area (Å²) in [4.78, 5) is 27.9. The first-order valence-electron chi connectivity index (χ1n) is 12.1. The Bertz CT molecular complexity index is 1370. The first-order valence-corrected chi connectivity index (χ1v) is 13.5. The molecule has 0 unspecified atom stereocenters. The van der Waals surface area contributed by atoms with E-state index in [1.54, 1.807) is 56.3 Å². The average Bonchev–Trinajstić information content (AvgIpc) is 2.90. The number of hydrogen-bond donors (Lipinski definition) is 1. The van der Waals surface area contributed by atoms with Crippen LogP contribution in [0.25, 0.3) is 0 Å². The second-order valence-corrected chi connectivity index (χ2v) is 10.8. The van der Waals surface area contributed by atoms with Gasteiger partial charge in [-0.05, 0) is 51.1 Å². The molecule has 0 saturated heterocycles. The molecule has 3 rings (SSSR count). The Kier molecular flexibility index (Phi) is 9.46. The lowest BCUT2D eigenvalue weighted by atomic mass is 10.1. The number of benzene rings is 3. The van der Waals surface area contributed by atoms with E-state index in [0.717, 1.165) is 4.31 Å². The average molecular weight is 542 g/mol. The van der Waals surface area contributed by atoms with Crippen LogP contribution in [-0.2, 0) is 26.2 Å². The maximum absolute atomic E-state index is 14.6. The molecule has 0 saturated carbocycles. The minimum atomic E-state index is -4.23. The molecule has 1 N–H and O–H groups in total. The summed E-state index contributed by atoms with van der Waals surface area (Å²) in [6.07, 6.45) is 0. The molecule has 3 aromatic rings. The minimum Gasteiger partial charge on any atom is -0.495 e. The molecule has 0 spiro atoms. The second-order valence-electron chi connectivity index (χ2n) is 8.95. The Morgan fingerprint density at radius 2 is 1.53 bits per heavy atom. The van der Waals surface area contributed by atoms with Gasteiger partial charge in [-0.3, -0.25) is 13.9 Å². The van der Waals surface area contributed by atoms with E-state index in [1.807, 2.05) is 0 Å². The maximum Gasteiger partial charge on any atom is 0.264 e. The molecule has 2 amide bonds. The number of anilines is 1. The first kappa shape index (κ1) is 28.6. The van der Waals surface area contributed by atoms with Crippen molar-refractivity contribution in [1.29, 1.82) is 0 Å². The Morgan fingerprint density at radius 1 is 0.921 bits per heavy atom. The number of para-hydroxylation sites is 2. The van der Waals surface area contributed by atoms with Gasteiger partial charge in [0.2, 0.25) is 11.8 Å². The predicted octanol–water partition coefficient (Wildman–Crippen LogP) is 3.97. The van der Waals surface area contributed by atoms with Gasteiger partial charge in [0.05, 0.1) is 17.7 Å². The number of nitrogens with one attached hydrogen (secondary N) is 1. The topological polar surface area (TPSA) is 96.0 Å². The van der Waals surface area contributed by atoms with Crippen molar-refractivity contribution in [1.82, 2.24) is 10.2 Å². The number of carbonyl (C=O) groups excluding carboxylic acids is 2. The second kappa shape index (κ2) is 12.6. The van der Waals surface area contributed by atoms with Crippen molar-refractivity contribution in [2.24, 2.45) is 0 Å². The highest BCUT2D eigenvalue weighted by Gasteiger charge is 2.34. The van der Waals surface area contributed by atoms with Crippen molar-refractivity contribution in [3.63, 3.8) is 0 Å². The van der Waals surface area contributed by atoms with Crippen molar-refractivity contribution in [2.75, 3.05) is 18.0 Å². The van der Waals surface area contributed by atoms with Gasteiger partial charge in [-0.15, -0.1) is 0 Å². The summed E-state index contributed by atoms with van der Waals surface area (Å²) < 4.78 is 48.5. The molecule has 0 aliphatic heterocycles. The normalized spacial score (nSPS) is 12.1. The lowest BCUT2D eigenvalue weighted by Gasteiger charge is -2.32. The van der Waals surface area contributed by atoms with Gasteiger partial charge >= 0.3 is 0 Å². The standard InChI is InChI=1S/C28H32FN3O5S/c1-20(2)30-28(34)21(3)31(18-22-12-8-9-15-24(22)29)27(33)19-32(25-16-10-11-17-26(25)37-4)38(35,36)23-13-6-5-7-14-23/h5-17,20-21H,18-19H2,1-4H3,(H,30,34)/t21-/m1/s1. The highest BCUT2D eigenvalue weighted by molar-refractivity contribution is 7.92. The molecule has 10 heteroatoms. The van der Waals surface area contributed by atoms with E-state index < -0.39 is 40.2 Å². The smallest absolute Gasteiger partial charge is 0.264 e. The van der Waals surface area contributed by atoms with Crippen LogP contribution in [0, 0.1) is 5.82 Å². The van der Waals surface area contributed by atoms with Crippen LogP contribution < -0.4 is 14.4 Å². The third kappa shape index (κ3) is 6.69. The number of halogens is 1. The number of methoxy groups -OCH3 is 1. The van der Waals surface area contributed by atoms with Crippen molar-refractivity contribution in [3.8, 4) is 5.75 Å². The lowest BCUT2D eigenvalue weighted by Crippen LogP contribution is -2.52. The van der Waals surface area contributed by atoms with Gasteiger partial charge in [-0.2, -0.15) is 0 Å². The highest BCUT2D eigenvalue weighted by Crippen LogP contribution is 2.32. The van der Waals surface area contributed by atoms with Crippen molar-refractivity contribution < 1.29 is 27.1 Å². The van der Waals surface area contributed by atoms with Crippen LogP contribution in [0.1, 0.15) is 26.3 Å². The van der Waals surface area contributed by atoms with E-state index >= 15 is 0 Å². The molecule has 1 atom stereocenters. The summed E-state index contributed by atoms with van der Waals surface area (Å²) in [7, 11) is -2.83. The summed E-state index contributed by atoms with van der Waals surface area (Å²) in [5.41, 5.74) is 0.345. The molecule has 3 aromatic carbocycles. The zero-order valence-electron chi connectivity index (χ0n) is 21.8. The summed E-state index contributed by atoms with van der Waals surface area (Å²) in [6, 6.07) is 18.9. The summed E-state index contributed by atoms with van der Waals surface area (Å²) in [5.74, 6) is -1.43. The van der Waals surface area contributed by atoms with Crippen LogP contribution in [0.3, 0.4) is 0 Å². The van der Waals surface area contributed by atoms with E-state index in [2.05, 4.69) is 5.32 Å². The molecule has 0 aliphatic carbocycles. The summed E-state index contributed by atoms with van der Waals surface area (Å²) >= 11 is 0. The molecule has 0 aliphatic rings. The van der Waals surface area contributed by atoms with Crippen LogP contribution in [0.4, 0.5) is 10.1 Å². The summed E-state index contributed by atoms with van der Waals surface area (Å²) in [5, 5.41) is 2.76. The Labute approximate surface area is 223 Å². The van der Waals surface area contributed by atoms with E-state index in [0.29, 0.717) is 0 Å². The Hall–Kier alpha value is -3.92. The fourth-order valence-electron chi connectivity index (χ4n) is 3.87. The van der Waals surface area contributed by atoms with Gasteiger partial charge in [-0.1, -0.05) is 48.5 Å².